The summed E-state index contributed by atoms with van der Waals surface area (Å²) < 4.78 is 1.87. The van der Waals surface area contributed by atoms with Gasteiger partial charge in [-0.05, 0) is 25.8 Å². The summed E-state index contributed by atoms with van der Waals surface area (Å²) in [5, 5.41) is 4.27. The molecular weight excluding hydrogens is 240 g/mol. The fourth-order valence-electron chi connectivity index (χ4n) is 3.27. The lowest BCUT2D eigenvalue weighted by molar-refractivity contribution is -0.127. The van der Waals surface area contributed by atoms with Crippen molar-refractivity contribution in [3.05, 3.63) is 18.0 Å². The molecule has 1 aromatic heterocycles. The molecule has 5 nitrogen and oxygen atoms in total. The van der Waals surface area contributed by atoms with Crippen LogP contribution in [0.5, 0.6) is 0 Å². The van der Waals surface area contributed by atoms with Crippen molar-refractivity contribution in [2.45, 2.75) is 31.7 Å². The molecule has 5 heteroatoms. The topological polar surface area (TPSA) is 41.4 Å². The number of aromatic nitrogens is 2. The van der Waals surface area contributed by atoms with Crippen molar-refractivity contribution < 1.29 is 4.79 Å². The Morgan fingerprint density at radius 3 is 2.89 bits per heavy atom. The molecule has 3 heterocycles. The van der Waals surface area contributed by atoms with Gasteiger partial charge in [0, 0.05) is 50.9 Å². The molecule has 2 saturated heterocycles. The summed E-state index contributed by atoms with van der Waals surface area (Å²) in [4.78, 5) is 16.1. The largest absolute Gasteiger partial charge is 0.341 e. The zero-order valence-corrected chi connectivity index (χ0v) is 11.6. The number of carbonyl (C=O) groups is 1. The Morgan fingerprint density at radius 1 is 1.32 bits per heavy atom. The molecule has 0 aromatic carbocycles. The van der Waals surface area contributed by atoms with E-state index < -0.39 is 0 Å². The van der Waals surface area contributed by atoms with Gasteiger partial charge in [-0.2, -0.15) is 5.10 Å². The highest BCUT2D eigenvalue weighted by atomic mass is 16.2. The van der Waals surface area contributed by atoms with Gasteiger partial charge >= 0.3 is 0 Å². The van der Waals surface area contributed by atoms with Gasteiger partial charge < -0.3 is 4.90 Å². The van der Waals surface area contributed by atoms with Crippen LogP contribution in [0.15, 0.2) is 12.4 Å². The number of aryl methyl sites for hydroxylation is 1. The molecule has 2 aliphatic heterocycles. The van der Waals surface area contributed by atoms with E-state index in [0.717, 1.165) is 39.0 Å². The highest BCUT2D eigenvalue weighted by Crippen LogP contribution is 2.31. The smallest absolute Gasteiger partial charge is 0.222 e. The van der Waals surface area contributed by atoms with Crippen LogP contribution in [0.2, 0.25) is 0 Å². The number of amides is 1. The first-order valence-electron chi connectivity index (χ1n) is 7.24. The molecule has 1 aromatic rings. The second-order valence-corrected chi connectivity index (χ2v) is 5.63. The Hall–Kier alpha value is -1.36. The number of hydrogen-bond donors (Lipinski definition) is 0. The van der Waals surface area contributed by atoms with Crippen molar-refractivity contribution in [3.63, 3.8) is 0 Å². The van der Waals surface area contributed by atoms with E-state index in [2.05, 4.69) is 16.2 Å². The Kier molecular flexibility index (Phi) is 3.55. The molecule has 0 bridgehead atoms. The molecule has 3 rings (SSSR count). The predicted molar refractivity (Wildman–Crippen MR) is 72.6 cm³/mol. The van der Waals surface area contributed by atoms with Crippen molar-refractivity contribution in [3.8, 4) is 0 Å². The van der Waals surface area contributed by atoms with E-state index in [-0.39, 0.29) is 0 Å². The minimum Gasteiger partial charge on any atom is -0.341 e. The van der Waals surface area contributed by atoms with Crippen LogP contribution < -0.4 is 0 Å². The highest BCUT2D eigenvalue weighted by Gasteiger charge is 2.28. The van der Waals surface area contributed by atoms with Crippen LogP contribution in [0.4, 0.5) is 0 Å². The van der Waals surface area contributed by atoms with Crippen molar-refractivity contribution in [1.82, 2.24) is 19.6 Å². The van der Waals surface area contributed by atoms with Gasteiger partial charge in [-0.1, -0.05) is 0 Å². The Bertz CT molecular complexity index is 456. The summed E-state index contributed by atoms with van der Waals surface area (Å²) >= 11 is 0. The van der Waals surface area contributed by atoms with Crippen molar-refractivity contribution in [2.24, 2.45) is 7.05 Å². The summed E-state index contributed by atoms with van der Waals surface area (Å²) in [7, 11) is 1.96. The van der Waals surface area contributed by atoms with Gasteiger partial charge in [-0.25, -0.2) is 0 Å². The minimum atomic E-state index is 0.331. The third-order valence-electron chi connectivity index (χ3n) is 4.30. The quantitative estimate of drug-likeness (QED) is 0.818. The van der Waals surface area contributed by atoms with Crippen molar-refractivity contribution in [1.29, 1.82) is 0 Å². The number of nitrogens with zero attached hydrogens (tertiary/aromatic N) is 4. The molecule has 1 amide bonds. The maximum Gasteiger partial charge on any atom is 0.222 e. The maximum atomic E-state index is 11.6. The lowest BCUT2D eigenvalue weighted by Crippen LogP contribution is -2.35. The SMILES string of the molecule is Cn1cc(C2CCCN2CCN2CCCC2=O)cn1. The van der Waals surface area contributed by atoms with E-state index in [0.29, 0.717) is 11.9 Å². The zero-order chi connectivity index (χ0) is 13.2. The van der Waals surface area contributed by atoms with Gasteiger partial charge in [0.05, 0.1) is 6.20 Å². The maximum absolute atomic E-state index is 11.6. The normalized spacial score (nSPS) is 24.6. The highest BCUT2D eigenvalue weighted by molar-refractivity contribution is 5.78. The monoisotopic (exact) mass is 262 g/mol. The van der Waals surface area contributed by atoms with Crippen LogP contribution in [0, 0.1) is 0 Å². The van der Waals surface area contributed by atoms with E-state index in [1.54, 1.807) is 0 Å². The minimum absolute atomic E-state index is 0.331. The molecule has 104 valence electrons. The fourth-order valence-corrected chi connectivity index (χ4v) is 3.27. The predicted octanol–water partition coefficient (Wildman–Crippen LogP) is 1.18. The van der Waals surface area contributed by atoms with Crippen LogP contribution in [0.25, 0.3) is 0 Å². The number of likely N-dealkylation sites (tertiary alicyclic amines) is 2. The number of rotatable bonds is 4. The molecule has 0 radical (unpaired) electrons. The third-order valence-corrected chi connectivity index (χ3v) is 4.30. The average Bonchev–Trinajstić information content (AvgIpc) is 3.07. The molecular formula is C14H22N4O. The second-order valence-electron chi connectivity index (χ2n) is 5.63. The third kappa shape index (κ3) is 2.66. The van der Waals surface area contributed by atoms with E-state index in [4.69, 9.17) is 0 Å². The lowest BCUT2D eigenvalue weighted by atomic mass is 10.1. The van der Waals surface area contributed by atoms with E-state index in [1.807, 2.05) is 22.8 Å². The number of carbonyl (C=O) groups excluding carboxylic acids is 1. The molecule has 19 heavy (non-hydrogen) atoms. The molecule has 1 atom stereocenters. The van der Waals surface area contributed by atoms with E-state index >= 15 is 0 Å². The number of hydrogen-bond acceptors (Lipinski definition) is 3. The van der Waals surface area contributed by atoms with Gasteiger partial charge in [-0.15, -0.1) is 0 Å². The van der Waals surface area contributed by atoms with Crippen LogP contribution in [0.1, 0.15) is 37.3 Å². The first-order chi connectivity index (χ1) is 9.24. The standard InChI is InChI=1S/C14H22N4O/c1-16-11-12(10-15-16)13-4-2-6-17(13)8-9-18-7-3-5-14(18)19/h10-11,13H,2-9H2,1H3. The summed E-state index contributed by atoms with van der Waals surface area (Å²) in [5.74, 6) is 0.331. The fraction of sp³-hybridized carbons (Fsp3) is 0.714. The van der Waals surface area contributed by atoms with Crippen LogP contribution in [-0.4, -0.2) is 51.7 Å². The lowest BCUT2D eigenvalue weighted by Gasteiger charge is -2.26. The van der Waals surface area contributed by atoms with Gasteiger partial charge in [-0.3, -0.25) is 14.4 Å². The Labute approximate surface area is 114 Å². The summed E-state index contributed by atoms with van der Waals surface area (Å²) in [5.41, 5.74) is 1.31. The molecule has 0 saturated carbocycles. The van der Waals surface area contributed by atoms with Crippen molar-refractivity contribution in [2.75, 3.05) is 26.2 Å². The molecule has 0 aliphatic carbocycles. The second kappa shape index (κ2) is 5.33. The summed E-state index contributed by atoms with van der Waals surface area (Å²) in [6.07, 6.45) is 8.32. The van der Waals surface area contributed by atoms with Crippen molar-refractivity contribution >= 4 is 5.91 Å². The molecule has 1 unspecified atom stereocenters. The molecule has 2 aliphatic rings. The average molecular weight is 262 g/mol. The van der Waals surface area contributed by atoms with E-state index in [1.165, 1.54) is 18.4 Å². The first-order valence-corrected chi connectivity index (χ1v) is 7.24. The van der Waals surface area contributed by atoms with Crippen LogP contribution >= 0.6 is 0 Å². The molecule has 0 N–H and O–H groups in total. The van der Waals surface area contributed by atoms with Crippen LogP contribution in [0.3, 0.4) is 0 Å². The van der Waals surface area contributed by atoms with Gasteiger partial charge in [0.15, 0.2) is 0 Å². The van der Waals surface area contributed by atoms with E-state index in [9.17, 15) is 4.79 Å². The Balaban J connectivity index is 1.59. The van der Waals surface area contributed by atoms with Gasteiger partial charge in [0.1, 0.15) is 0 Å². The van der Waals surface area contributed by atoms with Gasteiger partial charge in [0.2, 0.25) is 5.91 Å². The summed E-state index contributed by atoms with van der Waals surface area (Å²) in [6.45, 7) is 3.97. The zero-order valence-electron chi connectivity index (χ0n) is 11.6. The van der Waals surface area contributed by atoms with Crippen LogP contribution in [-0.2, 0) is 11.8 Å². The first kappa shape index (κ1) is 12.7. The molecule has 2 fully saturated rings. The Morgan fingerprint density at radius 2 is 2.21 bits per heavy atom. The summed E-state index contributed by atoms with van der Waals surface area (Å²) in [6, 6.07) is 0.492. The van der Waals surface area contributed by atoms with Gasteiger partial charge in [0.25, 0.3) is 0 Å². The molecule has 0 spiro atoms.